The number of nitrogen functional groups attached to an aromatic ring is 1. The predicted octanol–water partition coefficient (Wildman–Crippen LogP) is 6.35. The first-order valence-corrected chi connectivity index (χ1v) is 10.7. The van der Waals surface area contributed by atoms with Crippen LogP contribution >= 0.6 is 0 Å². The molecule has 1 heterocycles. The van der Waals surface area contributed by atoms with Crippen molar-refractivity contribution in [3.63, 3.8) is 0 Å². The number of rotatable bonds is 7. The van der Waals surface area contributed by atoms with Gasteiger partial charge in [-0.15, -0.1) is 0 Å². The van der Waals surface area contributed by atoms with Crippen molar-refractivity contribution in [2.75, 3.05) is 11.1 Å². The number of halogens is 6. The van der Waals surface area contributed by atoms with Crippen LogP contribution in [0.1, 0.15) is 47.3 Å². The van der Waals surface area contributed by atoms with E-state index >= 15 is 4.39 Å². The molecule has 0 aliphatic rings. The number of aryl methyl sites for hydroxylation is 2. The van der Waals surface area contributed by atoms with Crippen molar-refractivity contribution in [1.82, 2.24) is 9.78 Å². The van der Waals surface area contributed by atoms with Crippen LogP contribution in [0.5, 0.6) is 0 Å². The summed E-state index contributed by atoms with van der Waals surface area (Å²) in [5.74, 6) is -5.36. The molecule has 2 aromatic carbocycles. The molecule has 188 valence electrons. The topological polar surface area (TPSA) is 72.9 Å². The van der Waals surface area contributed by atoms with Gasteiger partial charge in [-0.05, 0) is 54.8 Å². The fraction of sp³-hybridized carbons (Fsp3) is 0.333. The zero-order valence-corrected chi connectivity index (χ0v) is 19.2. The molecule has 0 spiro atoms. The first-order chi connectivity index (χ1) is 16.2. The fourth-order valence-electron chi connectivity index (χ4n) is 3.87. The second-order valence-corrected chi connectivity index (χ2v) is 8.30. The Kier molecular flexibility index (Phi) is 6.92. The first-order valence-electron chi connectivity index (χ1n) is 10.7. The molecule has 1 aromatic heterocycles. The van der Waals surface area contributed by atoms with Crippen LogP contribution in [0.15, 0.2) is 48.8 Å². The van der Waals surface area contributed by atoms with E-state index in [4.69, 9.17) is 5.73 Å². The van der Waals surface area contributed by atoms with Crippen molar-refractivity contribution in [3.05, 3.63) is 71.0 Å². The Hall–Kier alpha value is -3.50. The lowest BCUT2D eigenvalue weighted by Gasteiger charge is -2.34. The smallest absolute Gasteiger partial charge is 0.397 e. The van der Waals surface area contributed by atoms with Crippen LogP contribution < -0.4 is 11.1 Å². The number of hydrogen-bond donors (Lipinski definition) is 2. The molecule has 0 saturated carbocycles. The van der Waals surface area contributed by atoms with Crippen LogP contribution in [-0.4, -0.2) is 27.8 Å². The lowest BCUT2D eigenvalue weighted by Crippen LogP contribution is -2.51. The number of nitrogens with two attached hydrogens (primary N) is 1. The number of alkyl halides is 6. The molecule has 1 atom stereocenters. The van der Waals surface area contributed by atoms with E-state index < -0.39 is 29.2 Å². The van der Waals surface area contributed by atoms with Crippen molar-refractivity contribution in [2.24, 2.45) is 0 Å². The third-order valence-corrected chi connectivity index (χ3v) is 5.61. The monoisotopic (exact) mass is 498 g/mol. The van der Waals surface area contributed by atoms with Crippen LogP contribution in [0.3, 0.4) is 0 Å². The van der Waals surface area contributed by atoms with Crippen molar-refractivity contribution in [1.29, 1.82) is 0 Å². The molecule has 0 aliphatic heterocycles. The molecular weight excluding hydrogens is 474 g/mol. The highest BCUT2D eigenvalue weighted by atomic mass is 19.4. The minimum atomic E-state index is -5.86. The molecule has 0 bridgehead atoms. The van der Waals surface area contributed by atoms with Crippen LogP contribution in [0.4, 0.5) is 37.7 Å². The number of anilines is 2. The van der Waals surface area contributed by atoms with Gasteiger partial charge in [0.1, 0.15) is 0 Å². The summed E-state index contributed by atoms with van der Waals surface area (Å²) in [4.78, 5) is 12.9. The van der Waals surface area contributed by atoms with Crippen LogP contribution in [0, 0.1) is 6.92 Å². The SMILES string of the molecule is CCCc1cc(C(F)(C(C)(F)F)C(F)(F)F)cc(C)c1NC(=O)c1ccc(-n2cccn2)c(N)c1. The number of hydrogen-bond acceptors (Lipinski definition) is 3. The van der Waals surface area contributed by atoms with E-state index in [0.29, 0.717) is 18.2 Å². The van der Waals surface area contributed by atoms with Gasteiger partial charge in [0.15, 0.2) is 0 Å². The highest BCUT2D eigenvalue weighted by molar-refractivity contribution is 6.06. The van der Waals surface area contributed by atoms with E-state index in [-0.39, 0.29) is 41.4 Å². The molecule has 0 aliphatic carbocycles. The maximum Gasteiger partial charge on any atom is 0.432 e. The second-order valence-electron chi connectivity index (χ2n) is 8.30. The van der Waals surface area contributed by atoms with Crippen LogP contribution in [-0.2, 0) is 12.1 Å². The highest BCUT2D eigenvalue weighted by Gasteiger charge is 2.70. The molecule has 0 saturated heterocycles. The summed E-state index contributed by atoms with van der Waals surface area (Å²) in [7, 11) is 0. The van der Waals surface area contributed by atoms with E-state index in [1.807, 2.05) is 0 Å². The summed E-state index contributed by atoms with van der Waals surface area (Å²) in [6.07, 6.45) is -2.11. The number of carbonyl (C=O) groups is 1. The minimum absolute atomic E-state index is 0.0101. The number of benzene rings is 2. The van der Waals surface area contributed by atoms with Gasteiger partial charge in [0.2, 0.25) is 0 Å². The maximum absolute atomic E-state index is 15.0. The van der Waals surface area contributed by atoms with Gasteiger partial charge in [-0.25, -0.2) is 17.9 Å². The largest absolute Gasteiger partial charge is 0.432 e. The summed E-state index contributed by atoms with van der Waals surface area (Å²) in [5.41, 5.74) is 1.10. The first kappa shape index (κ1) is 26.1. The lowest BCUT2D eigenvalue weighted by molar-refractivity contribution is -0.304. The third-order valence-electron chi connectivity index (χ3n) is 5.61. The minimum Gasteiger partial charge on any atom is -0.397 e. The predicted molar refractivity (Wildman–Crippen MR) is 121 cm³/mol. The Morgan fingerprint density at radius 2 is 1.80 bits per heavy atom. The van der Waals surface area contributed by atoms with E-state index in [2.05, 4.69) is 10.4 Å². The molecule has 11 heteroatoms. The molecule has 1 unspecified atom stereocenters. The number of amides is 1. The zero-order valence-electron chi connectivity index (χ0n) is 19.2. The van der Waals surface area contributed by atoms with Gasteiger partial charge in [-0.1, -0.05) is 19.4 Å². The molecule has 35 heavy (non-hydrogen) atoms. The van der Waals surface area contributed by atoms with Gasteiger partial charge in [0.05, 0.1) is 11.4 Å². The van der Waals surface area contributed by atoms with Crippen LogP contribution in [0.25, 0.3) is 5.69 Å². The standard InChI is InChI=1S/C24H24F6N4O/c1-4-6-15-12-17(23(27,22(3,25)26)24(28,29)30)11-14(2)20(15)33-21(35)16-7-8-19(18(31)13-16)34-10-5-9-32-34/h5,7-13H,4,6,31H2,1-3H3,(H,33,35). The highest BCUT2D eigenvalue weighted by Crippen LogP contribution is 2.53. The van der Waals surface area contributed by atoms with Gasteiger partial charge in [-0.3, -0.25) is 4.79 Å². The summed E-state index contributed by atoms with van der Waals surface area (Å²) in [6.45, 7) is 2.92. The zero-order chi connectivity index (χ0) is 26.2. The van der Waals surface area contributed by atoms with Gasteiger partial charge in [0, 0.05) is 36.1 Å². The summed E-state index contributed by atoms with van der Waals surface area (Å²) < 4.78 is 84.9. The Balaban J connectivity index is 2.01. The van der Waals surface area contributed by atoms with Crippen molar-refractivity contribution >= 4 is 17.3 Å². The molecule has 1 amide bonds. The Bertz CT molecular complexity index is 1200. The summed E-state index contributed by atoms with van der Waals surface area (Å²) in [6, 6.07) is 7.59. The van der Waals surface area contributed by atoms with E-state index in [1.54, 1.807) is 31.5 Å². The van der Waals surface area contributed by atoms with E-state index in [9.17, 15) is 26.7 Å². The lowest BCUT2D eigenvalue weighted by atomic mass is 9.85. The third kappa shape index (κ3) is 4.85. The number of aromatic nitrogens is 2. The Morgan fingerprint density at radius 3 is 2.31 bits per heavy atom. The molecule has 3 rings (SSSR count). The van der Waals surface area contributed by atoms with Crippen LogP contribution in [0.2, 0.25) is 0 Å². The second kappa shape index (κ2) is 9.27. The number of nitrogens with zero attached hydrogens (tertiary/aromatic N) is 2. The van der Waals surface area contributed by atoms with Gasteiger partial charge in [-0.2, -0.15) is 18.3 Å². The molecule has 3 aromatic rings. The average molecular weight is 498 g/mol. The van der Waals surface area contributed by atoms with Crippen molar-refractivity contribution in [2.45, 2.75) is 51.4 Å². The van der Waals surface area contributed by atoms with Gasteiger partial charge in [0.25, 0.3) is 17.5 Å². The number of carbonyl (C=O) groups excluding carboxylic acids is 1. The van der Waals surface area contributed by atoms with E-state index in [1.165, 1.54) is 23.7 Å². The molecule has 0 fully saturated rings. The number of nitrogens with one attached hydrogen (secondary N) is 1. The molecule has 3 N–H and O–H groups in total. The molecule has 5 nitrogen and oxygen atoms in total. The van der Waals surface area contributed by atoms with Crippen molar-refractivity contribution < 1.29 is 31.1 Å². The van der Waals surface area contributed by atoms with Gasteiger partial charge >= 0.3 is 6.18 Å². The quantitative estimate of drug-likeness (QED) is 0.295. The molecule has 0 radical (unpaired) electrons. The van der Waals surface area contributed by atoms with Gasteiger partial charge < -0.3 is 11.1 Å². The summed E-state index contributed by atoms with van der Waals surface area (Å²) in [5, 5.41) is 6.68. The Labute approximate surface area is 197 Å². The molecular formula is C24H24F6N4O. The van der Waals surface area contributed by atoms with E-state index in [0.717, 1.165) is 6.07 Å². The normalized spacial score (nSPS) is 14.0. The fourth-order valence-corrected chi connectivity index (χ4v) is 3.87. The average Bonchev–Trinajstić information content (AvgIpc) is 3.28. The summed E-state index contributed by atoms with van der Waals surface area (Å²) >= 11 is 0. The van der Waals surface area contributed by atoms with Crippen molar-refractivity contribution in [3.8, 4) is 5.69 Å². The Morgan fingerprint density at radius 1 is 1.11 bits per heavy atom. The maximum atomic E-state index is 15.0.